The zero-order chi connectivity index (χ0) is 13.9. The highest BCUT2D eigenvalue weighted by atomic mass is 16.5. The van der Waals surface area contributed by atoms with Crippen LogP contribution in [-0.4, -0.2) is 23.3 Å². The first-order valence-electron chi connectivity index (χ1n) is 6.92. The van der Waals surface area contributed by atoms with Crippen molar-refractivity contribution in [2.24, 2.45) is 5.73 Å². The first-order chi connectivity index (χ1) is 9.01. The maximum absolute atomic E-state index is 5.81. The summed E-state index contributed by atoms with van der Waals surface area (Å²) < 4.78 is 8.08. The zero-order valence-electron chi connectivity index (χ0n) is 12.1. The van der Waals surface area contributed by atoms with Crippen LogP contribution in [0.1, 0.15) is 26.3 Å². The molecular formula is C16H24N2O. The summed E-state index contributed by atoms with van der Waals surface area (Å²) in [4.78, 5) is 0. The van der Waals surface area contributed by atoms with Gasteiger partial charge in [-0.1, -0.05) is 18.2 Å². The van der Waals surface area contributed by atoms with Gasteiger partial charge in [0, 0.05) is 23.6 Å². The second-order valence-corrected chi connectivity index (χ2v) is 5.86. The average Bonchev–Trinajstić information content (AvgIpc) is 2.68. The van der Waals surface area contributed by atoms with Crippen LogP contribution in [0.3, 0.4) is 0 Å². The van der Waals surface area contributed by atoms with Crippen molar-refractivity contribution >= 4 is 10.9 Å². The fourth-order valence-electron chi connectivity index (χ4n) is 2.31. The lowest BCUT2D eigenvalue weighted by atomic mass is 10.1. The van der Waals surface area contributed by atoms with Crippen molar-refractivity contribution in [1.29, 1.82) is 0 Å². The number of ether oxygens (including phenoxy) is 1. The van der Waals surface area contributed by atoms with Crippen LogP contribution in [0.25, 0.3) is 10.9 Å². The normalized spacial score (nSPS) is 12.2. The number of fused-ring (bicyclic) bond motifs is 1. The van der Waals surface area contributed by atoms with E-state index in [4.69, 9.17) is 10.5 Å². The van der Waals surface area contributed by atoms with Crippen LogP contribution in [0.15, 0.2) is 30.5 Å². The maximum atomic E-state index is 5.81. The lowest BCUT2D eigenvalue weighted by Crippen LogP contribution is -2.21. The van der Waals surface area contributed by atoms with E-state index in [1.807, 2.05) is 0 Å². The minimum Gasteiger partial charge on any atom is -0.374 e. The van der Waals surface area contributed by atoms with Crippen LogP contribution >= 0.6 is 0 Å². The predicted molar refractivity (Wildman–Crippen MR) is 80.4 cm³/mol. The van der Waals surface area contributed by atoms with Crippen LogP contribution in [0.4, 0.5) is 0 Å². The number of aromatic nitrogens is 1. The van der Waals surface area contributed by atoms with E-state index >= 15 is 0 Å². The molecule has 0 unspecified atom stereocenters. The van der Waals surface area contributed by atoms with Crippen molar-refractivity contribution in [1.82, 2.24) is 4.57 Å². The number of para-hydroxylation sites is 1. The molecule has 0 radical (unpaired) electrons. The maximum Gasteiger partial charge on any atom is 0.0652 e. The van der Waals surface area contributed by atoms with Crippen molar-refractivity contribution in [3.8, 4) is 0 Å². The molecule has 2 rings (SSSR count). The van der Waals surface area contributed by atoms with E-state index in [9.17, 15) is 0 Å². The van der Waals surface area contributed by atoms with Gasteiger partial charge < -0.3 is 15.0 Å². The van der Waals surface area contributed by atoms with Crippen LogP contribution < -0.4 is 5.73 Å². The van der Waals surface area contributed by atoms with Crippen LogP contribution in [0.5, 0.6) is 0 Å². The van der Waals surface area contributed by atoms with E-state index in [-0.39, 0.29) is 5.60 Å². The molecule has 0 atom stereocenters. The predicted octanol–water partition coefficient (Wildman–Crippen LogP) is 2.96. The molecule has 0 saturated carbocycles. The van der Waals surface area contributed by atoms with Gasteiger partial charge in [0.2, 0.25) is 0 Å². The van der Waals surface area contributed by atoms with Gasteiger partial charge >= 0.3 is 0 Å². The Morgan fingerprint density at radius 1 is 1.21 bits per heavy atom. The Hall–Kier alpha value is -1.32. The summed E-state index contributed by atoms with van der Waals surface area (Å²) in [5.74, 6) is 0. The Labute approximate surface area is 115 Å². The number of nitrogens with zero attached hydrogens (tertiary/aromatic N) is 1. The number of rotatable bonds is 5. The summed E-state index contributed by atoms with van der Waals surface area (Å²) in [6.45, 7) is 8.54. The Morgan fingerprint density at radius 3 is 2.63 bits per heavy atom. The minimum absolute atomic E-state index is 0.0803. The Kier molecular flexibility index (Phi) is 4.27. The molecule has 2 aromatic rings. The van der Waals surface area contributed by atoms with Crippen molar-refractivity contribution in [3.05, 3.63) is 36.0 Å². The summed E-state index contributed by atoms with van der Waals surface area (Å²) >= 11 is 0. The fourth-order valence-corrected chi connectivity index (χ4v) is 2.31. The first kappa shape index (κ1) is 14.1. The van der Waals surface area contributed by atoms with E-state index in [0.29, 0.717) is 6.54 Å². The molecule has 1 aromatic carbocycles. The highest BCUT2D eigenvalue weighted by Gasteiger charge is 2.11. The third-order valence-corrected chi connectivity index (χ3v) is 3.15. The Bertz CT molecular complexity index is 537. The van der Waals surface area contributed by atoms with Gasteiger partial charge in [0.15, 0.2) is 0 Å². The summed E-state index contributed by atoms with van der Waals surface area (Å²) in [7, 11) is 0. The average molecular weight is 260 g/mol. The van der Waals surface area contributed by atoms with Crippen molar-refractivity contribution in [2.75, 3.05) is 13.2 Å². The summed E-state index contributed by atoms with van der Waals surface area (Å²) in [6.07, 6.45) is 3.14. The Morgan fingerprint density at radius 2 is 1.95 bits per heavy atom. The molecule has 0 bridgehead atoms. The molecule has 0 spiro atoms. The lowest BCUT2D eigenvalue weighted by molar-refractivity contribution is -0.00645. The van der Waals surface area contributed by atoms with Gasteiger partial charge in [-0.2, -0.15) is 0 Å². The molecule has 1 heterocycles. The number of benzene rings is 1. The van der Waals surface area contributed by atoms with Gasteiger partial charge in [0.05, 0.1) is 12.2 Å². The van der Waals surface area contributed by atoms with E-state index in [1.54, 1.807) is 0 Å². The molecule has 0 aliphatic heterocycles. The zero-order valence-corrected chi connectivity index (χ0v) is 12.1. The molecule has 104 valence electrons. The second kappa shape index (κ2) is 5.76. The SMILES string of the molecule is CC(C)(C)OCCn1cc(CCN)c2ccccc21. The van der Waals surface area contributed by atoms with Gasteiger partial charge in [-0.15, -0.1) is 0 Å². The number of hydrogen-bond acceptors (Lipinski definition) is 2. The smallest absolute Gasteiger partial charge is 0.0652 e. The highest BCUT2D eigenvalue weighted by Crippen LogP contribution is 2.21. The molecule has 3 nitrogen and oxygen atoms in total. The second-order valence-electron chi connectivity index (χ2n) is 5.86. The van der Waals surface area contributed by atoms with Crippen molar-refractivity contribution in [2.45, 2.75) is 39.3 Å². The molecule has 2 N–H and O–H groups in total. The Balaban J connectivity index is 2.18. The van der Waals surface area contributed by atoms with Gasteiger partial charge in [-0.25, -0.2) is 0 Å². The molecule has 0 saturated heterocycles. The molecule has 19 heavy (non-hydrogen) atoms. The summed E-state index contributed by atoms with van der Waals surface area (Å²) in [5, 5.41) is 1.31. The first-order valence-corrected chi connectivity index (χ1v) is 6.92. The molecule has 0 fully saturated rings. The van der Waals surface area contributed by atoms with Crippen LogP contribution in [-0.2, 0) is 17.7 Å². The number of nitrogens with two attached hydrogens (primary N) is 1. The third kappa shape index (κ3) is 3.58. The molecule has 1 aromatic heterocycles. The van der Waals surface area contributed by atoms with Crippen LogP contribution in [0, 0.1) is 0 Å². The summed E-state index contributed by atoms with van der Waals surface area (Å²) in [5.41, 5.74) is 8.20. The van der Waals surface area contributed by atoms with E-state index in [0.717, 1.165) is 19.6 Å². The molecule has 0 aliphatic carbocycles. The lowest BCUT2D eigenvalue weighted by Gasteiger charge is -2.19. The van der Waals surface area contributed by atoms with Gasteiger partial charge in [-0.05, 0) is 45.4 Å². The summed E-state index contributed by atoms with van der Waals surface area (Å²) in [6, 6.07) is 8.49. The molecule has 3 heteroatoms. The molecule has 0 aliphatic rings. The van der Waals surface area contributed by atoms with E-state index in [1.165, 1.54) is 16.5 Å². The van der Waals surface area contributed by atoms with Gasteiger partial charge in [0.25, 0.3) is 0 Å². The number of hydrogen-bond donors (Lipinski definition) is 1. The van der Waals surface area contributed by atoms with Crippen molar-refractivity contribution in [3.63, 3.8) is 0 Å². The van der Waals surface area contributed by atoms with Gasteiger partial charge in [0.1, 0.15) is 0 Å². The van der Waals surface area contributed by atoms with E-state index in [2.05, 4.69) is 55.8 Å². The van der Waals surface area contributed by atoms with Crippen molar-refractivity contribution < 1.29 is 4.74 Å². The minimum atomic E-state index is -0.0803. The largest absolute Gasteiger partial charge is 0.374 e. The van der Waals surface area contributed by atoms with Crippen LogP contribution in [0.2, 0.25) is 0 Å². The fraction of sp³-hybridized carbons (Fsp3) is 0.500. The van der Waals surface area contributed by atoms with Gasteiger partial charge in [-0.3, -0.25) is 0 Å². The topological polar surface area (TPSA) is 40.2 Å². The third-order valence-electron chi connectivity index (χ3n) is 3.15. The monoisotopic (exact) mass is 260 g/mol. The standard InChI is InChI=1S/C16H24N2O/c1-16(2,3)19-11-10-18-12-13(8-9-17)14-6-4-5-7-15(14)18/h4-7,12H,8-11,17H2,1-3H3. The quantitative estimate of drug-likeness (QED) is 0.898. The van der Waals surface area contributed by atoms with E-state index < -0.39 is 0 Å². The molecular weight excluding hydrogens is 236 g/mol. The molecule has 0 amide bonds. The highest BCUT2D eigenvalue weighted by molar-refractivity contribution is 5.84.